The van der Waals surface area contributed by atoms with Gasteiger partial charge >= 0.3 is 5.97 Å². The first kappa shape index (κ1) is 11.0. The largest absolute Gasteiger partial charge is 0.476 e. The summed E-state index contributed by atoms with van der Waals surface area (Å²) in [5.41, 5.74) is -0.0165. The topological polar surface area (TPSA) is 66.6 Å². The zero-order valence-electron chi connectivity index (χ0n) is 9.35. The number of carbonyl (C=O) groups is 1. The minimum atomic E-state index is -1.04. The number of hydrogen-bond donors (Lipinski definition) is 1. The van der Waals surface area contributed by atoms with Crippen LogP contribution in [0.25, 0.3) is 0 Å². The lowest BCUT2D eigenvalue weighted by Crippen LogP contribution is -2.27. The third kappa shape index (κ3) is 2.35. The van der Waals surface area contributed by atoms with Gasteiger partial charge in [-0.2, -0.15) is 4.98 Å². The number of aromatic nitrogens is 1. The highest BCUT2D eigenvalue weighted by atomic mass is 16.4. The Kier molecular flexibility index (Phi) is 3.12. The van der Waals surface area contributed by atoms with Gasteiger partial charge in [0.1, 0.15) is 6.26 Å². The summed E-state index contributed by atoms with van der Waals surface area (Å²) < 4.78 is 5.22. The number of hydrogen-bond acceptors (Lipinski definition) is 4. The zero-order valence-corrected chi connectivity index (χ0v) is 9.35. The summed E-state index contributed by atoms with van der Waals surface area (Å²) in [5.74, 6) is -1.04. The summed E-state index contributed by atoms with van der Waals surface area (Å²) in [5, 5.41) is 8.77. The highest BCUT2D eigenvalue weighted by Gasteiger charge is 2.31. The van der Waals surface area contributed by atoms with Crippen LogP contribution in [0.5, 0.6) is 0 Å². The van der Waals surface area contributed by atoms with Crippen molar-refractivity contribution in [3.05, 3.63) is 12.0 Å². The van der Waals surface area contributed by atoms with Crippen molar-refractivity contribution in [2.75, 3.05) is 11.4 Å². The first-order chi connectivity index (χ1) is 7.72. The Balaban J connectivity index is 2.08. The summed E-state index contributed by atoms with van der Waals surface area (Å²) in [4.78, 5) is 16.8. The van der Waals surface area contributed by atoms with Crippen LogP contribution in [0.4, 0.5) is 6.01 Å². The first-order valence-electron chi connectivity index (χ1n) is 5.68. The van der Waals surface area contributed by atoms with E-state index in [0.717, 1.165) is 32.2 Å². The molecule has 0 radical (unpaired) electrons. The zero-order chi connectivity index (χ0) is 11.5. The van der Waals surface area contributed by atoms with E-state index in [1.807, 2.05) is 0 Å². The molecule has 5 nitrogen and oxygen atoms in total. The van der Waals surface area contributed by atoms with Crippen molar-refractivity contribution in [2.45, 2.75) is 38.6 Å². The molecule has 0 unspecified atom stereocenters. The van der Waals surface area contributed by atoms with Gasteiger partial charge in [0, 0.05) is 12.6 Å². The number of nitrogens with zero attached hydrogens (tertiary/aromatic N) is 2. The van der Waals surface area contributed by atoms with Crippen molar-refractivity contribution in [1.82, 2.24) is 4.98 Å². The van der Waals surface area contributed by atoms with E-state index >= 15 is 0 Å². The molecule has 0 amide bonds. The van der Waals surface area contributed by atoms with Crippen LogP contribution in [0.1, 0.15) is 43.1 Å². The molecule has 2 rings (SSSR count). The molecule has 0 spiro atoms. The Bertz CT molecular complexity index is 371. The van der Waals surface area contributed by atoms with Crippen LogP contribution < -0.4 is 4.90 Å². The number of oxazole rings is 1. The molecule has 0 bridgehead atoms. The highest BCUT2D eigenvalue weighted by molar-refractivity contribution is 5.85. The molecule has 0 aliphatic heterocycles. The lowest BCUT2D eigenvalue weighted by Gasteiger charge is -2.19. The predicted molar refractivity (Wildman–Crippen MR) is 58.7 cm³/mol. The van der Waals surface area contributed by atoms with Crippen LogP contribution in [0.3, 0.4) is 0 Å². The molecule has 5 heteroatoms. The van der Waals surface area contributed by atoms with Gasteiger partial charge in [-0.05, 0) is 19.3 Å². The molecule has 1 N–H and O–H groups in total. The Labute approximate surface area is 94.1 Å². The maximum absolute atomic E-state index is 10.7. The second-order valence-corrected chi connectivity index (χ2v) is 4.10. The fourth-order valence-electron chi connectivity index (χ4n) is 1.64. The van der Waals surface area contributed by atoms with Crippen LogP contribution in [-0.4, -0.2) is 28.6 Å². The van der Waals surface area contributed by atoms with Gasteiger partial charge in [0.05, 0.1) is 0 Å². The molecule has 1 aliphatic carbocycles. The van der Waals surface area contributed by atoms with E-state index in [2.05, 4.69) is 16.8 Å². The van der Waals surface area contributed by atoms with E-state index < -0.39 is 5.97 Å². The van der Waals surface area contributed by atoms with E-state index in [4.69, 9.17) is 9.52 Å². The van der Waals surface area contributed by atoms with Gasteiger partial charge in [-0.25, -0.2) is 4.79 Å². The number of rotatable bonds is 6. The summed E-state index contributed by atoms with van der Waals surface area (Å²) in [6.45, 7) is 3.02. The number of unbranched alkanes of at least 4 members (excludes halogenated alkanes) is 1. The Morgan fingerprint density at radius 2 is 2.44 bits per heavy atom. The Morgan fingerprint density at radius 1 is 1.69 bits per heavy atom. The summed E-state index contributed by atoms with van der Waals surface area (Å²) >= 11 is 0. The molecule has 1 aromatic heterocycles. The maximum Gasteiger partial charge on any atom is 0.357 e. The quantitative estimate of drug-likeness (QED) is 0.801. The molecule has 0 aromatic carbocycles. The Hall–Kier alpha value is -1.52. The molecular weight excluding hydrogens is 208 g/mol. The van der Waals surface area contributed by atoms with E-state index in [1.54, 1.807) is 0 Å². The summed E-state index contributed by atoms with van der Waals surface area (Å²) in [6.07, 6.45) is 5.68. The monoisotopic (exact) mass is 224 g/mol. The van der Waals surface area contributed by atoms with Gasteiger partial charge in [-0.15, -0.1) is 0 Å². The van der Waals surface area contributed by atoms with Gasteiger partial charge in [0.25, 0.3) is 6.01 Å². The summed E-state index contributed by atoms with van der Waals surface area (Å²) in [7, 11) is 0. The second kappa shape index (κ2) is 4.55. The molecule has 16 heavy (non-hydrogen) atoms. The van der Waals surface area contributed by atoms with Gasteiger partial charge in [0.15, 0.2) is 5.69 Å². The van der Waals surface area contributed by atoms with Gasteiger partial charge in [-0.1, -0.05) is 13.3 Å². The molecule has 1 aromatic rings. The van der Waals surface area contributed by atoms with Crippen molar-refractivity contribution in [3.8, 4) is 0 Å². The average molecular weight is 224 g/mol. The fraction of sp³-hybridized carbons (Fsp3) is 0.636. The molecule has 0 atom stereocenters. The normalized spacial score (nSPS) is 15.1. The maximum atomic E-state index is 10.7. The van der Waals surface area contributed by atoms with E-state index in [9.17, 15) is 4.79 Å². The minimum Gasteiger partial charge on any atom is -0.476 e. The standard InChI is InChI=1S/C11H16N2O3/c1-2-3-6-13(8-4-5-8)11-12-9(7-16-11)10(14)15/h7-8H,2-6H2,1H3,(H,14,15). The van der Waals surface area contributed by atoms with E-state index in [0.29, 0.717) is 12.1 Å². The summed E-state index contributed by atoms with van der Waals surface area (Å²) in [6, 6.07) is 0.945. The number of carboxylic acids is 1. The highest BCUT2D eigenvalue weighted by Crippen LogP contribution is 2.31. The third-order valence-electron chi connectivity index (χ3n) is 2.70. The van der Waals surface area contributed by atoms with Crippen molar-refractivity contribution in [1.29, 1.82) is 0 Å². The van der Waals surface area contributed by atoms with Gasteiger partial charge < -0.3 is 14.4 Å². The van der Waals surface area contributed by atoms with Gasteiger partial charge in [0.2, 0.25) is 0 Å². The fourth-order valence-corrected chi connectivity index (χ4v) is 1.64. The average Bonchev–Trinajstić information content (AvgIpc) is 2.96. The van der Waals surface area contributed by atoms with Gasteiger partial charge in [-0.3, -0.25) is 0 Å². The van der Waals surface area contributed by atoms with Crippen LogP contribution in [0.2, 0.25) is 0 Å². The van der Waals surface area contributed by atoms with Crippen LogP contribution in [-0.2, 0) is 0 Å². The number of aromatic carboxylic acids is 1. The molecule has 1 fully saturated rings. The lowest BCUT2D eigenvalue weighted by molar-refractivity contribution is 0.0690. The van der Waals surface area contributed by atoms with E-state index in [1.165, 1.54) is 6.26 Å². The third-order valence-corrected chi connectivity index (χ3v) is 2.70. The number of carboxylic acid groups (broad SMARTS) is 1. The minimum absolute atomic E-state index is 0.0165. The SMILES string of the molecule is CCCCN(c1nc(C(=O)O)co1)C1CC1. The molecule has 1 aliphatic rings. The van der Waals surface area contributed by atoms with Crippen LogP contribution in [0, 0.1) is 0 Å². The first-order valence-corrected chi connectivity index (χ1v) is 5.68. The van der Waals surface area contributed by atoms with Crippen molar-refractivity contribution in [2.24, 2.45) is 0 Å². The van der Waals surface area contributed by atoms with Crippen LogP contribution in [0.15, 0.2) is 10.7 Å². The lowest BCUT2D eigenvalue weighted by atomic mass is 10.3. The van der Waals surface area contributed by atoms with Crippen molar-refractivity contribution < 1.29 is 14.3 Å². The van der Waals surface area contributed by atoms with E-state index in [-0.39, 0.29) is 5.69 Å². The second-order valence-electron chi connectivity index (χ2n) is 4.10. The predicted octanol–water partition coefficient (Wildman–Crippen LogP) is 2.14. The van der Waals surface area contributed by atoms with Crippen molar-refractivity contribution >= 4 is 12.0 Å². The smallest absolute Gasteiger partial charge is 0.357 e. The molecule has 0 saturated heterocycles. The number of anilines is 1. The Morgan fingerprint density at radius 3 is 2.94 bits per heavy atom. The van der Waals surface area contributed by atoms with Crippen molar-refractivity contribution in [3.63, 3.8) is 0 Å². The molecular formula is C11H16N2O3. The molecule has 1 heterocycles. The molecule has 88 valence electrons. The molecule has 1 saturated carbocycles. The van der Waals surface area contributed by atoms with Crippen LogP contribution >= 0.6 is 0 Å².